The molecule has 4 fully saturated rings. The standard InChI is InChI=1S/C18H30N2O3S.C17H28N2O3S.2H2/c1-11(2)19-17(22)14-7-5-13(6-8-14)10-20-16(21)9-15(18(20)23)24-12(3)4;1-4-18-16(21)13-7-5-12(6-8-13)10-19-15(20)9-14(17(19)22)23-11(2)3;;/h11-15H,5-10H2,1-4H3,(H,19,22);11-14H,4-10H2,1-3H3,(H,18,21);2*1H. The van der Waals surface area contributed by atoms with Gasteiger partial charge in [-0.2, -0.15) is 0 Å². The highest BCUT2D eigenvalue weighted by atomic mass is 32.2. The van der Waals surface area contributed by atoms with Crippen molar-refractivity contribution < 1.29 is 31.6 Å². The lowest BCUT2D eigenvalue weighted by molar-refractivity contribution is -0.140. The summed E-state index contributed by atoms with van der Waals surface area (Å²) >= 11 is 3.17. The largest absolute Gasteiger partial charge is 0.356 e. The van der Waals surface area contributed by atoms with E-state index in [9.17, 15) is 28.8 Å². The Morgan fingerprint density at radius 3 is 1.40 bits per heavy atom. The summed E-state index contributed by atoms with van der Waals surface area (Å²) in [4.78, 5) is 76.0. The van der Waals surface area contributed by atoms with Crippen molar-refractivity contribution in [1.82, 2.24) is 20.4 Å². The minimum Gasteiger partial charge on any atom is -0.356 e. The third-order valence-corrected chi connectivity index (χ3v) is 11.9. The predicted molar refractivity (Wildman–Crippen MR) is 193 cm³/mol. The smallest absolute Gasteiger partial charge is 0.242 e. The van der Waals surface area contributed by atoms with Gasteiger partial charge in [-0.3, -0.25) is 38.6 Å². The molecule has 4 aliphatic rings. The molecule has 4 rings (SSSR count). The molecule has 10 nitrogen and oxygen atoms in total. The summed E-state index contributed by atoms with van der Waals surface area (Å²) < 4.78 is 0. The molecule has 12 heteroatoms. The van der Waals surface area contributed by atoms with Crippen LogP contribution in [0.1, 0.15) is 116 Å². The van der Waals surface area contributed by atoms with Crippen molar-refractivity contribution in [1.29, 1.82) is 0 Å². The zero-order chi connectivity index (χ0) is 34.8. The van der Waals surface area contributed by atoms with Gasteiger partial charge in [0.1, 0.15) is 0 Å². The highest BCUT2D eigenvalue weighted by molar-refractivity contribution is 8.01. The van der Waals surface area contributed by atoms with Crippen molar-refractivity contribution in [3.63, 3.8) is 0 Å². The molecule has 2 saturated heterocycles. The van der Waals surface area contributed by atoms with Crippen LogP contribution in [0.25, 0.3) is 0 Å². The Hall–Kier alpha value is -2.08. The van der Waals surface area contributed by atoms with E-state index in [-0.39, 0.29) is 66.7 Å². The first-order valence-corrected chi connectivity index (χ1v) is 19.7. The monoisotopic (exact) mass is 698 g/mol. The van der Waals surface area contributed by atoms with E-state index in [2.05, 4.69) is 24.5 Å². The Morgan fingerprint density at radius 2 is 1.06 bits per heavy atom. The predicted octanol–water partition coefficient (Wildman–Crippen LogP) is 5.28. The minimum atomic E-state index is -0.203. The van der Waals surface area contributed by atoms with Crippen molar-refractivity contribution in [2.75, 3.05) is 19.6 Å². The van der Waals surface area contributed by atoms with Gasteiger partial charge in [-0.15, -0.1) is 23.5 Å². The number of nitrogens with zero attached hydrogens (tertiary/aromatic N) is 2. The Kier molecular flexibility index (Phi) is 15.6. The van der Waals surface area contributed by atoms with Gasteiger partial charge >= 0.3 is 0 Å². The van der Waals surface area contributed by atoms with Crippen LogP contribution in [0, 0.1) is 23.7 Å². The van der Waals surface area contributed by atoms with Crippen LogP contribution in [0.4, 0.5) is 0 Å². The summed E-state index contributed by atoms with van der Waals surface area (Å²) in [6, 6.07) is 0.172. The summed E-state index contributed by atoms with van der Waals surface area (Å²) in [6.07, 6.45) is 7.76. The maximum atomic E-state index is 12.4. The van der Waals surface area contributed by atoms with E-state index < -0.39 is 0 Å². The van der Waals surface area contributed by atoms with Crippen molar-refractivity contribution in [2.45, 2.75) is 140 Å². The van der Waals surface area contributed by atoms with Crippen LogP contribution in [0.5, 0.6) is 0 Å². The lowest BCUT2D eigenvalue weighted by Crippen LogP contribution is -2.40. The Morgan fingerprint density at radius 1 is 0.681 bits per heavy atom. The van der Waals surface area contributed by atoms with E-state index in [0.717, 1.165) is 51.4 Å². The molecule has 270 valence electrons. The maximum absolute atomic E-state index is 12.4. The number of rotatable bonds is 12. The van der Waals surface area contributed by atoms with E-state index in [1.165, 1.54) is 9.80 Å². The number of thioether (sulfide) groups is 2. The van der Waals surface area contributed by atoms with Crippen LogP contribution in [0.15, 0.2) is 0 Å². The summed E-state index contributed by atoms with van der Waals surface area (Å²) in [5.41, 5.74) is 0. The number of imide groups is 2. The highest BCUT2D eigenvalue weighted by Gasteiger charge is 2.42. The normalized spacial score (nSPS) is 28.3. The number of carbonyl (C=O) groups excluding carboxylic acids is 6. The number of likely N-dealkylation sites (tertiary alicyclic amines) is 2. The minimum absolute atomic E-state index is 0. The molecular formula is C35H62N4O6S2. The quantitative estimate of drug-likeness (QED) is 0.263. The summed E-state index contributed by atoms with van der Waals surface area (Å²) in [5.74, 6) is 1.06. The number of nitrogens with one attached hydrogen (secondary N) is 2. The summed E-state index contributed by atoms with van der Waals surface area (Å²) in [5, 5.41) is 6.16. The molecule has 2 aliphatic carbocycles. The fraction of sp³-hybridized carbons (Fsp3) is 0.829. The first kappa shape index (κ1) is 39.4. The molecule has 2 atom stereocenters. The summed E-state index contributed by atoms with van der Waals surface area (Å²) in [7, 11) is 0. The van der Waals surface area contributed by atoms with Gasteiger partial charge in [-0.1, -0.05) is 27.7 Å². The van der Waals surface area contributed by atoms with Crippen LogP contribution in [0.3, 0.4) is 0 Å². The molecule has 0 aromatic rings. The first-order valence-electron chi connectivity index (χ1n) is 17.8. The molecular weight excluding hydrogens is 637 g/mol. The molecule has 47 heavy (non-hydrogen) atoms. The van der Waals surface area contributed by atoms with Gasteiger partial charge in [0.05, 0.1) is 10.5 Å². The van der Waals surface area contributed by atoms with Crippen LogP contribution in [-0.4, -0.2) is 91.9 Å². The van der Waals surface area contributed by atoms with Crippen LogP contribution < -0.4 is 10.6 Å². The first-order chi connectivity index (χ1) is 22.2. The third kappa shape index (κ3) is 11.8. The van der Waals surface area contributed by atoms with E-state index >= 15 is 0 Å². The lowest BCUT2D eigenvalue weighted by Gasteiger charge is -2.30. The van der Waals surface area contributed by atoms with Crippen LogP contribution >= 0.6 is 23.5 Å². The second-order valence-corrected chi connectivity index (χ2v) is 18.0. The number of hydrogen-bond acceptors (Lipinski definition) is 8. The fourth-order valence-electron chi connectivity index (χ4n) is 7.01. The Labute approximate surface area is 293 Å². The average Bonchev–Trinajstić information content (AvgIpc) is 3.41. The van der Waals surface area contributed by atoms with E-state index in [0.29, 0.717) is 54.8 Å². The van der Waals surface area contributed by atoms with Crippen molar-refractivity contribution in [3.05, 3.63) is 0 Å². The molecule has 2 unspecified atom stereocenters. The average molecular weight is 699 g/mol. The van der Waals surface area contributed by atoms with Gasteiger partial charge < -0.3 is 10.6 Å². The molecule has 0 radical (unpaired) electrons. The number of hydrogen-bond donors (Lipinski definition) is 2. The zero-order valence-electron chi connectivity index (χ0n) is 29.5. The lowest BCUT2D eigenvalue weighted by atomic mass is 9.81. The van der Waals surface area contributed by atoms with Gasteiger partial charge in [0.25, 0.3) is 0 Å². The molecule has 0 aromatic carbocycles. The zero-order valence-corrected chi connectivity index (χ0v) is 31.2. The van der Waals surface area contributed by atoms with Gasteiger partial charge in [0.2, 0.25) is 35.4 Å². The topological polar surface area (TPSA) is 133 Å². The van der Waals surface area contributed by atoms with Crippen LogP contribution in [0.2, 0.25) is 0 Å². The third-order valence-electron chi connectivity index (χ3n) is 9.38. The molecule has 0 spiro atoms. The van der Waals surface area contributed by atoms with E-state index in [1.54, 1.807) is 23.5 Å². The van der Waals surface area contributed by atoms with Gasteiger partial charge in [-0.25, -0.2) is 0 Å². The second-order valence-electron chi connectivity index (χ2n) is 14.4. The molecule has 2 saturated carbocycles. The number of amides is 6. The Bertz CT molecular complexity index is 1130. The maximum Gasteiger partial charge on any atom is 0.242 e. The molecule has 2 heterocycles. The molecule has 0 bridgehead atoms. The molecule has 0 aromatic heterocycles. The van der Waals surface area contributed by atoms with Crippen molar-refractivity contribution in [3.8, 4) is 0 Å². The molecule has 6 amide bonds. The summed E-state index contributed by atoms with van der Waals surface area (Å²) in [6.45, 7) is 15.8. The highest BCUT2D eigenvalue weighted by Crippen LogP contribution is 2.35. The number of carbonyl (C=O) groups is 6. The van der Waals surface area contributed by atoms with Gasteiger partial charge in [0, 0.05) is 53.2 Å². The molecule has 2 N–H and O–H groups in total. The second kappa shape index (κ2) is 18.6. The Balaban J connectivity index is 0.000000471. The van der Waals surface area contributed by atoms with Gasteiger partial charge in [0.15, 0.2) is 0 Å². The van der Waals surface area contributed by atoms with E-state index in [1.807, 2.05) is 34.6 Å². The fourth-order valence-corrected chi connectivity index (χ4v) is 9.29. The van der Waals surface area contributed by atoms with Crippen molar-refractivity contribution >= 4 is 59.0 Å². The SMILES string of the molecule is CC(C)NC(=O)C1CCC(CN2C(=O)CC(SC(C)C)C2=O)CC1.CCNC(=O)C1CCC(CN2C(=O)CC(SC(C)C)C2=O)CC1.[HH].[HH]. The van der Waals surface area contributed by atoms with Crippen LogP contribution in [-0.2, 0) is 28.8 Å². The van der Waals surface area contributed by atoms with Gasteiger partial charge in [-0.05, 0) is 94.5 Å². The van der Waals surface area contributed by atoms with Crippen molar-refractivity contribution in [2.24, 2.45) is 23.7 Å². The van der Waals surface area contributed by atoms with E-state index in [4.69, 9.17) is 0 Å². The molecule has 2 aliphatic heterocycles.